The number of hydrogen-bond donors (Lipinski definition) is 1. The van der Waals surface area contributed by atoms with Crippen molar-refractivity contribution in [3.8, 4) is 5.75 Å². The van der Waals surface area contributed by atoms with E-state index in [9.17, 15) is 9.59 Å². The molecule has 1 N–H and O–H groups in total. The first kappa shape index (κ1) is 17.3. The number of carboxylic acid groups (broad SMARTS) is 1. The summed E-state index contributed by atoms with van der Waals surface area (Å²) in [5.41, 5.74) is 0.297. The summed E-state index contributed by atoms with van der Waals surface area (Å²) in [6, 6.07) is 7.60. The average molecular weight is 321 g/mol. The molecule has 1 heterocycles. The second-order valence-electron chi connectivity index (χ2n) is 6.32. The normalized spacial score (nSPS) is 18.6. The first-order valence-corrected chi connectivity index (χ1v) is 7.61. The van der Waals surface area contributed by atoms with Gasteiger partial charge in [0.1, 0.15) is 5.75 Å². The monoisotopic (exact) mass is 321 g/mol. The van der Waals surface area contributed by atoms with Crippen molar-refractivity contribution in [2.24, 2.45) is 5.41 Å². The molecule has 0 aromatic heterocycles. The lowest BCUT2D eigenvalue weighted by Crippen LogP contribution is -2.52. The predicted molar refractivity (Wildman–Crippen MR) is 84.4 cm³/mol. The Morgan fingerprint density at radius 3 is 2.74 bits per heavy atom. The van der Waals surface area contributed by atoms with Crippen LogP contribution in [0.1, 0.15) is 19.4 Å². The van der Waals surface area contributed by atoms with Crippen molar-refractivity contribution < 1.29 is 24.2 Å². The molecule has 2 rings (SSSR count). The molecule has 1 saturated heterocycles. The highest BCUT2D eigenvalue weighted by Gasteiger charge is 2.37. The minimum atomic E-state index is -1.04. The molecule has 0 radical (unpaired) electrons. The number of methoxy groups -OCH3 is 1. The topological polar surface area (TPSA) is 76.1 Å². The minimum absolute atomic E-state index is 0.0713. The highest BCUT2D eigenvalue weighted by atomic mass is 16.5. The van der Waals surface area contributed by atoms with Crippen LogP contribution in [0.4, 0.5) is 0 Å². The molecule has 1 aromatic carbocycles. The van der Waals surface area contributed by atoms with Crippen LogP contribution < -0.4 is 4.74 Å². The first-order valence-electron chi connectivity index (χ1n) is 7.61. The molecule has 1 aliphatic heterocycles. The van der Waals surface area contributed by atoms with E-state index in [1.807, 2.05) is 38.1 Å². The van der Waals surface area contributed by atoms with E-state index < -0.39 is 17.5 Å². The number of nitrogens with zero attached hydrogens (tertiary/aromatic N) is 1. The van der Waals surface area contributed by atoms with E-state index in [1.165, 1.54) is 0 Å². The highest BCUT2D eigenvalue weighted by molar-refractivity contribution is 5.83. The molecule has 1 unspecified atom stereocenters. The Balaban J connectivity index is 2.12. The Kier molecular flexibility index (Phi) is 5.26. The quantitative estimate of drug-likeness (QED) is 0.891. The van der Waals surface area contributed by atoms with E-state index in [2.05, 4.69) is 0 Å². The van der Waals surface area contributed by atoms with Crippen molar-refractivity contribution in [2.45, 2.75) is 26.4 Å². The third kappa shape index (κ3) is 4.01. The van der Waals surface area contributed by atoms with Gasteiger partial charge in [0.25, 0.3) is 0 Å². The van der Waals surface area contributed by atoms with Gasteiger partial charge in [-0.1, -0.05) is 32.0 Å². The third-order valence-corrected chi connectivity index (χ3v) is 4.03. The predicted octanol–water partition coefficient (Wildman–Crippen LogP) is 1.58. The Morgan fingerprint density at radius 2 is 2.09 bits per heavy atom. The Hall–Kier alpha value is -2.08. The van der Waals surface area contributed by atoms with E-state index >= 15 is 0 Å². The third-order valence-electron chi connectivity index (χ3n) is 4.03. The number of carbonyl (C=O) groups excluding carboxylic acids is 1. The highest BCUT2D eigenvalue weighted by Crippen LogP contribution is 2.30. The zero-order valence-corrected chi connectivity index (χ0v) is 13.7. The first-order chi connectivity index (χ1) is 10.8. The molecular formula is C17H23NO5. The summed E-state index contributed by atoms with van der Waals surface area (Å²) < 4.78 is 10.5. The second-order valence-corrected chi connectivity index (χ2v) is 6.32. The van der Waals surface area contributed by atoms with Gasteiger partial charge in [-0.25, -0.2) is 4.79 Å². The minimum Gasteiger partial charge on any atom is -0.496 e. The number of morpholine rings is 1. The van der Waals surface area contributed by atoms with Crippen LogP contribution in [0.5, 0.6) is 5.75 Å². The molecule has 1 atom stereocenters. The van der Waals surface area contributed by atoms with Crippen molar-refractivity contribution in [1.82, 2.24) is 4.90 Å². The van der Waals surface area contributed by atoms with E-state index in [0.717, 1.165) is 11.3 Å². The standard InChI is InChI=1S/C17H23NO5/c1-17(2,10-12-6-4-5-7-13(12)22-3)16(21)18-8-9-23-14(11-18)15(19)20/h4-7,14H,8-11H2,1-3H3,(H,19,20). The largest absolute Gasteiger partial charge is 0.496 e. The van der Waals surface area contributed by atoms with Crippen LogP contribution in [-0.2, 0) is 20.7 Å². The van der Waals surface area contributed by atoms with Crippen LogP contribution in [0, 0.1) is 5.41 Å². The molecule has 0 saturated carbocycles. The van der Waals surface area contributed by atoms with Crippen molar-refractivity contribution in [2.75, 3.05) is 26.8 Å². The van der Waals surface area contributed by atoms with Gasteiger partial charge in [-0.05, 0) is 18.1 Å². The smallest absolute Gasteiger partial charge is 0.334 e. The van der Waals surface area contributed by atoms with E-state index in [0.29, 0.717) is 13.0 Å². The fraction of sp³-hybridized carbons (Fsp3) is 0.529. The summed E-state index contributed by atoms with van der Waals surface area (Å²) in [5.74, 6) is -0.359. The van der Waals surface area contributed by atoms with Crippen LogP contribution in [0.3, 0.4) is 0 Å². The molecule has 6 heteroatoms. The fourth-order valence-corrected chi connectivity index (χ4v) is 2.81. The van der Waals surface area contributed by atoms with Crippen molar-refractivity contribution >= 4 is 11.9 Å². The second kappa shape index (κ2) is 7.00. The van der Waals surface area contributed by atoms with E-state index in [4.69, 9.17) is 14.6 Å². The Morgan fingerprint density at radius 1 is 1.39 bits per heavy atom. The SMILES string of the molecule is COc1ccccc1CC(C)(C)C(=O)N1CCOC(C(=O)O)C1. The number of carboxylic acids is 1. The molecule has 0 spiro atoms. The van der Waals surface area contributed by atoms with Crippen LogP contribution in [0.2, 0.25) is 0 Å². The number of benzene rings is 1. The number of hydrogen-bond acceptors (Lipinski definition) is 4. The molecule has 1 aromatic rings. The van der Waals surface area contributed by atoms with Crippen molar-refractivity contribution in [1.29, 1.82) is 0 Å². The van der Waals surface area contributed by atoms with Crippen molar-refractivity contribution in [3.63, 3.8) is 0 Å². The van der Waals surface area contributed by atoms with E-state index in [1.54, 1.807) is 12.0 Å². The van der Waals surface area contributed by atoms with Crippen LogP contribution >= 0.6 is 0 Å². The summed E-state index contributed by atoms with van der Waals surface area (Å²) in [6.07, 6.45) is -0.431. The van der Waals surface area contributed by atoms with Crippen molar-refractivity contribution in [3.05, 3.63) is 29.8 Å². The van der Waals surface area contributed by atoms with Gasteiger partial charge in [-0.2, -0.15) is 0 Å². The van der Waals surface area contributed by atoms with Gasteiger partial charge in [0.2, 0.25) is 5.91 Å². The maximum absolute atomic E-state index is 12.8. The zero-order valence-electron chi connectivity index (χ0n) is 13.7. The molecular weight excluding hydrogens is 298 g/mol. The van der Waals surface area contributed by atoms with Gasteiger partial charge in [0.05, 0.1) is 20.3 Å². The maximum Gasteiger partial charge on any atom is 0.334 e. The number of ether oxygens (including phenoxy) is 2. The molecule has 1 amide bonds. The van der Waals surface area contributed by atoms with Gasteiger partial charge in [0, 0.05) is 12.0 Å². The van der Waals surface area contributed by atoms with Gasteiger partial charge in [0.15, 0.2) is 6.10 Å². The fourth-order valence-electron chi connectivity index (χ4n) is 2.81. The lowest BCUT2D eigenvalue weighted by molar-refractivity contribution is -0.162. The summed E-state index contributed by atoms with van der Waals surface area (Å²) in [5, 5.41) is 9.06. The molecule has 0 bridgehead atoms. The molecule has 6 nitrogen and oxygen atoms in total. The molecule has 1 fully saturated rings. The van der Waals surface area contributed by atoms with Gasteiger partial charge >= 0.3 is 5.97 Å². The number of carbonyl (C=O) groups is 2. The number of aliphatic carboxylic acids is 1. The lowest BCUT2D eigenvalue weighted by atomic mass is 9.83. The molecule has 23 heavy (non-hydrogen) atoms. The van der Waals surface area contributed by atoms with Gasteiger partial charge in [-0.3, -0.25) is 4.79 Å². The molecule has 1 aliphatic rings. The Bertz CT molecular complexity index is 584. The van der Waals surface area contributed by atoms with Gasteiger partial charge in [-0.15, -0.1) is 0 Å². The summed E-state index contributed by atoms with van der Waals surface area (Å²) in [4.78, 5) is 25.5. The van der Waals surface area contributed by atoms with E-state index in [-0.39, 0.29) is 19.1 Å². The Labute approximate surface area is 136 Å². The summed E-state index contributed by atoms with van der Waals surface area (Å²) in [7, 11) is 1.60. The molecule has 126 valence electrons. The summed E-state index contributed by atoms with van der Waals surface area (Å²) in [6.45, 7) is 4.48. The molecule has 0 aliphatic carbocycles. The van der Waals surface area contributed by atoms with Crippen LogP contribution in [-0.4, -0.2) is 54.8 Å². The zero-order chi connectivity index (χ0) is 17.0. The number of rotatable bonds is 5. The number of para-hydroxylation sites is 1. The summed E-state index contributed by atoms with van der Waals surface area (Å²) >= 11 is 0. The number of amides is 1. The average Bonchev–Trinajstić information content (AvgIpc) is 2.54. The van der Waals surface area contributed by atoms with Crippen LogP contribution in [0.15, 0.2) is 24.3 Å². The maximum atomic E-state index is 12.8. The van der Waals surface area contributed by atoms with Crippen LogP contribution in [0.25, 0.3) is 0 Å². The van der Waals surface area contributed by atoms with Gasteiger partial charge < -0.3 is 19.5 Å². The lowest BCUT2D eigenvalue weighted by Gasteiger charge is -2.36.